The number of hydrogen-bond donors (Lipinski definition) is 1. The van der Waals surface area contributed by atoms with Crippen LogP contribution in [-0.2, 0) is 6.54 Å². The van der Waals surface area contributed by atoms with E-state index in [0.29, 0.717) is 28.0 Å². The summed E-state index contributed by atoms with van der Waals surface area (Å²) in [5, 5.41) is 0.533. The minimum absolute atomic E-state index is 0.0857. The second kappa shape index (κ2) is 8.52. The molecule has 1 N–H and O–H groups in total. The number of H-pyrrole nitrogens is 1. The molecule has 0 aliphatic heterocycles. The number of rotatable bonds is 5. The lowest BCUT2D eigenvalue weighted by atomic mass is 10.1. The van der Waals surface area contributed by atoms with Gasteiger partial charge in [0.1, 0.15) is 5.82 Å². The van der Waals surface area contributed by atoms with E-state index in [2.05, 4.69) is 15.0 Å². The molecule has 31 heavy (non-hydrogen) atoms. The van der Waals surface area contributed by atoms with E-state index in [4.69, 9.17) is 0 Å². The molecule has 2 aromatic carbocycles. The maximum absolute atomic E-state index is 13.4. The molecule has 0 bridgehead atoms. The first-order chi connectivity index (χ1) is 14.9. The second-order valence-corrected chi connectivity index (χ2v) is 7.75. The average molecular weight is 412 g/mol. The number of para-hydroxylation sites is 1. The number of amides is 1. The third kappa shape index (κ3) is 4.23. The van der Waals surface area contributed by atoms with Crippen LogP contribution in [0.1, 0.15) is 35.7 Å². The van der Waals surface area contributed by atoms with Crippen LogP contribution >= 0.6 is 0 Å². The summed E-state index contributed by atoms with van der Waals surface area (Å²) < 4.78 is 0. The van der Waals surface area contributed by atoms with Crippen molar-refractivity contribution in [1.82, 2.24) is 19.9 Å². The van der Waals surface area contributed by atoms with Crippen molar-refractivity contribution in [3.8, 4) is 11.3 Å². The van der Waals surface area contributed by atoms with E-state index >= 15 is 0 Å². The average Bonchev–Trinajstić information content (AvgIpc) is 2.77. The van der Waals surface area contributed by atoms with Crippen molar-refractivity contribution in [3.05, 3.63) is 94.2 Å². The zero-order valence-corrected chi connectivity index (χ0v) is 17.8. The number of aryl methyl sites for hydroxylation is 1. The molecule has 0 saturated carbocycles. The van der Waals surface area contributed by atoms with Crippen LogP contribution in [0.2, 0.25) is 0 Å². The molecule has 0 unspecified atom stereocenters. The number of aromatic amines is 1. The molecule has 0 fully saturated rings. The van der Waals surface area contributed by atoms with Crippen molar-refractivity contribution >= 4 is 16.8 Å². The molecule has 0 spiro atoms. The Morgan fingerprint density at radius 3 is 2.39 bits per heavy atom. The largest absolute Gasteiger partial charge is 0.329 e. The molecule has 0 radical (unpaired) electrons. The number of hydrogen-bond acceptors (Lipinski definition) is 4. The van der Waals surface area contributed by atoms with E-state index in [0.717, 1.165) is 11.3 Å². The van der Waals surface area contributed by atoms with Crippen molar-refractivity contribution in [2.75, 3.05) is 0 Å². The monoisotopic (exact) mass is 412 g/mol. The molecule has 2 heterocycles. The fourth-order valence-electron chi connectivity index (χ4n) is 3.57. The lowest BCUT2D eigenvalue weighted by Gasteiger charge is -2.27. The second-order valence-electron chi connectivity index (χ2n) is 7.75. The summed E-state index contributed by atoms with van der Waals surface area (Å²) in [5.41, 5.74) is 3.44. The number of nitrogens with one attached hydrogen (secondary N) is 1. The maximum Gasteiger partial charge on any atom is 0.258 e. The van der Waals surface area contributed by atoms with Crippen LogP contribution in [0.25, 0.3) is 22.2 Å². The summed E-state index contributed by atoms with van der Waals surface area (Å²) in [6.07, 6.45) is 0. The van der Waals surface area contributed by atoms with E-state index in [-0.39, 0.29) is 24.1 Å². The Balaban J connectivity index is 1.65. The summed E-state index contributed by atoms with van der Waals surface area (Å²) in [6.45, 7) is 5.93. The van der Waals surface area contributed by atoms with Crippen LogP contribution in [0.3, 0.4) is 0 Å². The van der Waals surface area contributed by atoms with Gasteiger partial charge in [-0.25, -0.2) is 4.98 Å². The number of fused-ring (bicyclic) bond motifs is 1. The molecule has 6 nitrogen and oxygen atoms in total. The van der Waals surface area contributed by atoms with Gasteiger partial charge in [-0.15, -0.1) is 0 Å². The predicted octanol–water partition coefficient (Wildman–Crippen LogP) is 4.34. The minimum Gasteiger partial charge on any atom is -0.329 e. The van der Waals surface area contributed by atoms with Crippen LogP contribution in [0, 0.1) is 6.92 Å². The van der Waals surface area contributed by atoms with Gasteiger partial charge in [-0.2, -0.15) is 0 Å². The highest BCUT2D eigenvalue weighted by Crippen LogP contribution is 2.21. The molecule has 4 aromatic rings. The molecule has 0 atom stereocenters. The highest BCUT2D eigenvalue weighted by Gasteiger charge is 2.22. The molecule has 0 aliphatic carbocycles. The zero-order valence-electron chi connectivity index (χ0n) is 17.8. The molecular formula is C25H24N4O2. The Hall–Kier alpha value is -3.80. The fraction of sp³-hybridized carbons (Fsp3) is 0.200. The molecule has 1 amide bonds. The number of pyridine rings is 1. The van der Waals surface area contributed by atoms with Crippen molar-refractivity contribution in [2.45, 2.75) is 33.4 Å². The Morgan fingerprint density at radius 1 is 0.968 bits per heavy atom. The molecule has 4 rings (SSSR count). The maximum atomic E-state index is 13.4. The van der Waals surface area contributed by atoms with Crippen molar-refractivity contribution < 1.29 is 4.79 Å². The fourth-order valence-corrected chi connectivity index (χ4v) is 3.57. The van der Waals surface area contributed by atoms with Crippen LogP contribution < -0.4 is 5.56 Å². The summed E-state index contributed by atoms with van der Waals surface area (Å²) in [4.78, 5) is 39.5. The van der Waals surface area contributed by atoms with Gasteiger partial charge in [0.2, 0.25) is 0 Å². The lowest BCUT2D eigenvalue weighted by molar-refractivity contribution is 0.0684. The standard InChI is InChI=1S/C25H24N4O2/c1-16(2)29(15-23-27-22-12-8-7-11-20(22)24(30)28-23)25(31)19-13-14-21(26-17(19)3)18-9-5-4-6-10-18/h4-14,16H,15H2,1-3H3,(H,27,28,30). The number of carbonyl (C=O) groups is 1. The van der Waals surface area contributed by atoms with Gasteiger partial charge < -0.3 is 9.88 Å². The van der Waals surface area contributed by atoms with Gasteiger partial charge in [0.05, 0.1) is 34.4 Å². The van der Waals surface area contributed by atoms with Gasteiger partial charge in [-0.3, -0.25) is 14.6 Å². The smallest absolute Gasteiger partial charge is 0.258 e. The third-order valence-electron chi connectivity index (χ3n) is 5.25. The zero-order chi connectivity index (χ0) is 22.0. The first-order valence-corrected chi connectivity index (χ1v) is 10.3. The highest BCUT2D eigenvalue weighted by atomic mass is 16.2. The Morgan fingerprint density at radius 2 is 1.68 bits per heavy atom. The quantitative estimate of drug-likeness (QED) is 0.529. The summed E-state index contributed by atoms with van der Waals surface area (Å²) in [5.74, 6) is 0.313. The Bertz CT molecular complexity index is 1300. The van der Waals surface area contributed by atoms with Gasteiger partial charge in [-0.05, 0) is 45.0 Å². The van der Waals surface area contributed by atoms with E-state index in [9.17, 15) is 9.59 Å². The first-order valence-electron chi connectivity index (χ1n) is 10.3. The lowest BCUT2D eigenvalue weighted by Crippen LogP contribution is -2.38. The number of aromatic nitrogens is 3. The van der Waals surface area contributed by atoms with E-state index in [1.165, 1.54) is 0 Å². The Kier molecular flexibility index (Phi) is 5.62. The number of benzene rings is 2. The molecule has 156 valence electrons. The summed E-state index contributed by atoms with van der Waals surface area (Å²) in [7, 11) is 0. The van der Waals surface area contributed by atoms with Gasteiger partial charge in [0.15, 0.2) is 0 Å². The SMILES string of the molecule is Cc1nc(-c2ccccc2)ccc1C(=O)N(Cc1nc2ccccc2c(=O)[nH]1)C(C)C. The minimum atomic E-state index is -0.207. The molecule has 0 saturated heterocycles. The summed E-state index contributed by atoms with van der Waals surface area (Å²) >= 11 is 0. The third-order valence-corrected chi connectivity index (χ3v) is 5.25. The summed E-state index contributed by atoms with van der Waals surface area (Å²) in [6, 6.07) is 20.6. The van der Waals surface area contributed by atoms with Gasteiger partial charge in [0, 0.05) is 11.6 Å². The van der Waals surface area contributed by atoms with Crippen LogP contribution in [0.4, 0.5) is 0 Å². The van der Waals surface area contributed by atoms with Crippen LogP contribution in [0.5, 0.6) is 0 Å². The topological polar surface area (TPSA) is 79.0 Å². The highest BCUT2D eigenvalue weighted by molar-refractivity contribution is 5.95. The van der Waals surface area contributed by atoms with E-state index in [1.54, 1.807) is 23.1 Å². The normalized spacial score (nSPS) is 11.1. The Labute approximate surface area is 180 Å². The first kappa shape index (κ1) is 20.5. The van der Waals surface area contributed by atoms with Crippen LogP contribution in [0.15, 0.2) is 71.5 Å². The van der Waals surface area contributed by atoms with Crippen LogP contribution in [-0.4, -0.2) is 31.8 Å². The van der Waals surface area contributed by atoms with Gasteiger partial charge >= 0.3 is 0 Å². The van der Waals surface area contributed by atoms with Crippen molar-refractivity contribution in [3.63, 3.8) is 0 Å². The molecular weight excluding hydrogens is 388 g/mol. The molecule has 0 aliphatic rings. The molecule has 6 heteroatoms. The van der Waals surface area contributed by atoms with Crippen molar-refractivity contribution in [1.29, 1.82) is 0 Å². The van der Waals surface area contributed by atoms with E-state index in [1.807, 2.05) is 69.3 Å². The predicted molar refractivity (Wildman–Crippen MR) is 122 cm³/mol. The van der Waals surface area contributed by atoms with E-state index < -0.39 is 0 Å². The van der Waals surface area contributed by atoms with Gasteiger partial charge in [-0.1, -0.05) is 42.5 Å². The van der Waals surface area contributed by atoms with Gasteiger partial charge in [0.25, 0.3) is 11.5 Å². The number of nitrogens with zero attached hydrogens (tertiary/aromatic N) is 3. The number of carbonyl (C=O) groups excluding carboxylic acids is 1. The molecule has 2 aromatic heterocycles. The van der Waals surface area contributed by atoms with Crippen molar-refractivity contribution in [2.24, 2.45) is 0 Å².